The Labute approximate surface area is 120 Å². The number of hydrogen-bond donors (Lipinski definition) is 1. The van der Waals surface area contributed by atoms with Crippen molar-refractivity contribution in [3.8, 4) is 0 Å². The summed E-state index contributed by atoms with van der Waals surface area (Å²) in [4.78, 5) is 2.25. The molecule has 0 aromatic heterocycles. The summed E-state index contributed by atoms with van der Waals surface area (Å²) in [5.74, 6) is -1.54. The van der Waals surface area contributed by atoms with Gasteiger partial charge in [-0.25, -0.2) is 8.78 Å². The van der Waals surface area contributed by atoms with Gasteiger partial charge in [-0.1, -0.05) is 38.3 Å². The highest BCUT2D eigenvalue weighted by molar-refractivity contribution is 5.23. The number of nitrogens with two attached hydrogens (primary N) is 1. The molecule has 2 N–H and O–H groups in total. The second-order valence-corrected chi connectivity index (χ2v) is 5.52. The highest BCUT2D eigenvalue weighted by Crippen LogP contribution is 2.31. The summed E-state index contributed by atoms with van der Waals surface area (Å²) in [6.45, 7) is 3.18. The zero-order valence-electron chi connectivity index (χ0n) is 12.1. The van der Waals surface area contributed by atoms with E-state index in [4.69, 9.17) is 5.73 Å². The van der Waals surface area contributed by atoms with Gasteiger partial charge in [-0.3, -0.25) is 4.90 Å². The van der Waals surface area contributed by atoms with Gasteiger partial charge in [0.1, 0.15) is 0 Å². The lowest BCUT2D eigenvalue weighted by atomic mass is 9.91. The second kappa shape index (κ2) is 7.14. The molecule has 0 amide bonds. The van der Waals surface area contributed by atoms with Crippen LogP contribution in [0.4, 0.5) is 8.78 Å². The van der Waals surface area contributed by atoms with E-state index in [1.807, 2.05) is 0 Å². The minimum Gasteiger partial charge on any atom is -0.329 e. The molecule has 0 aliphatic heterocycles. The first-order chi connectivity index (χ1) is 9.69. The number of likely N-dealkylation sites (N-methyl/N-ethyl adjacent to an activating group) is 1. The van der Waals surface area contributed by atoms with Gasteiger partial charge in [0.2, 0.25) is 0 Å². The molecule has 0 spiro atoms. The lowest BCUT2D eigenvalue weighted by Gasteiger charge is -2.39. The molecule has 2 nitrogen and oxygen atoms in total. The molecule has 112 valence electrons. The molecule has 0 heterocycles. The fourth-order valence-corrected chi connectivity index (χ4v) is 3.36. The Hall–Kier alpha value is -1.00. The lowest BCUT2D eigenvalue weighted by molar-refractivity contribution is 0.111. The quantitative estimate of drug-likeness (QED) is 0.893. The monoisotopic (exact) mass is 282 g/mol. The number of nitrogens with zero attached hydrogens (tertiary/aromatic N) is 1. The van der Waals surface area contributed by atoms with Crippen molar-refractivity contribution in [3.63, 3.8) is 0 Å². The van der Waals surface area contributed by atoms with Gasteiger partial charge in [0.05, 0.1) is 6.04 Å². The zero-order valence-corrected chi connectivity index (χ0v) is 12.1. The number of benzene rings is 1. The Morgan fingerprint density at radius 2 is 1.95 bits per heavy atom. The van der Waals surface area contributed by atoms with Gasteiger partial charge >= 0.3 is 0 Å². The molecule has 1 unspecified atom stereocenters. The van der Waals surface area contributed by atoms with Gasteiger partial charge < -0.3 is 5.73 Å². The van der Waals surface area contributed by atoms with Crippen molar-refractivity contribution in [2.24, 2.45) is 5.73 Å². The maximum atomic E-state index is 14.0. The molecule has 0 saturated heterocycles. The predicted molar refractivity (Wildman–Crippen MR) is 77.4 cm³/mol. The van der Waals surface area contributed by atoms with E-state index in [0.29, 0.717) is 18.2 Å². The summed E-state index contributed by atoms with van der Waals surface area (Å²) in [6, 6.07) is 4.57. The molecule has 1 saturated carbocycles. The molecule has 4 heteroatoms. The fourth-order valence-electron chi connectivity index (χ4n) is 3.36. The SMILES string of the molecule is CCN(C1CCCCC1)C(CN)c1cccc(F)c1F. The Morgan fingerprint density at radius 1 is 1.25 bits per heavy atom. The van der Waals surface area contributed by atoms with Crippen LogP contribution in [0.3, 0.4) is 0 Å². The molecule has 1 aromatic carbocycles. The van der Waals surface area contributed by atoms with Crippen LogP contribution in [0.15, 0.2) is 18.2 Å². The van der Waals surface area contributed by atoms with E-state index >= 15 is 0 Å². The van der Waals surface area contributed by atoms with Gasteiger partial charge in [-0.05, 0) is 25.5 Å². The van der Waals surface area contributed by atoms with Crippen molar-refractivity contribution in [1.82, 2.24) is 4.90 Å². The molecular weight excluding hydrogens is 258 g/mol. The van der Waals surface area contributed by atoms with Crippen LogP contribution in [0.5, 0.6) is 0 Å². The van der Waals surface area contributed by atoms with E-state index < -0.39 is 11.6 Å². The van der Waals surface area contributed by atoms with Crippen LogP contribution in [-0.2, 0) is 0 Å². The van der Waals surface area contributed by atoms with Crippen LogP contribution >= 0.6 is 0 Å². The zero-order chi connectivity index (χ0) is 14.5. The van der Waals surface area contributed by atoms with Crippen molar-refractivity contribution < 1.29 is 8.78 Å². The average molecular weight is 282 g/mol. The van der Waals surface area contributed by atoms with Gasteiger partial charge in [0.15, 0.2) is 11.6 Å². The van der Waals surface area contributed by atoms with Crippen LogP contribution in [0.25, 0.3) is 0 Å². The summed E-state index contributed by atoms with van der Waals surface area (Å²) in [7, 11) is 0. The van der Waals surface area contributed by atoms with E-state index in [-0.39, 0.29) is 6.04 Å². The molecule has 1 fully saturated rings. The number of rotatable bonds is 5. The van der Waals surface area contributed by atoms with E-state index in [9.17, 15) is 8.78 Å². The normalized spacial score (nSPS) is 18.4. The third kappa shape index (κ3) is 3.18. The molecular formula is C16H24F2N2. The van der Waals surface area contributed by atoms with Gasteiger partial charge in [-0.2, -0.15) is 0 Å². The van der Waals surface area contributed by atoms with E-state index in [1.54, 1.807) is 12.1 Å². The van der Waals surface area contributed by atoms with Gasteiger partial charge in [0.25, 0.3) is 0 Å². The van der Waals surface area contributed by atoms with Crippen molar-refractivity contribution >= 4 is 0 Å². The third-order valence-electron chi connectivity index (χ3n) is 4.37. The second-order valence-electron chi connectivity index (χ2n) is 5.52. The molecule has 1 atom stereocenters. The highest BCUT2D eigenvalue weighted by atomic mass is 19.2. The topological polar surface area (TPSA) is 29.3 Å². The Morgan fingerprint density at radius 3 is 2.55 bits per heavy atom. The molecule has 1 aliphatic rings. The largest absolute Gasteiger partial charge is 0.329 e. The summed E-state index contributed by atoms with van der Waals surface area (Å²) in [5.41, 5.74) is 6.26. The molecule has 20 heavy (non-hydrogen) atoms. The van der Waals surface area contributed by atoms with Gasteiger partial charge in [-0.15, -0.1) is 0 Å². The van der Waals surface area contributed by atoms with Gasteiger partial charge in [0, 0.05) is 18.2 Å². The number of hydrogen-bond acceptors (Lipinski definition) is 2. The first kappa shape index (κ1) is 15.4. The minimum absolute atomic E-state index is 0.237. The summed E-state index contributed by atoms with van der Waals surface area (Å²) in [6.07, 6.45) is 5.95. The van der Waals surface area contributed by atoms with E-state index in [1.165, 1.54) is 19.3 Å². The first-order valence-corrected chi connectivity index (χ1v) is 7.58. The maximum Gasteiger partial charge on any atom is 0.163 e. The lowest BCUT2D eigenvalue weighted by Crippen LogP contribution is -2.42. The van der Waals surface area contributed by atoms with Crippen LogP contribution in [0.2, 0.25) is 0 Å². The highest BCUT2D eigenvalue weighted by Gasteiger charge is 2.28. The fraction of sp³-hybridized carbons (Fsp3) is 0.625. The molecule has 0 radical (unpaired) electrons. The number of halogens is 2. The molecule has 2 rings (SSSR count). The Kier molecular flexibility index (Phi) is 5.49. The van der Waals surface area contributed by atoms with E-state index in [2.05, 4.69) is 11.8 Å². The Balaban J connectivity index is 2.26. The van der Waals surface area contributed by atoms with Crippen LogP contribution < -0.4 is 5.73 Å². The average Bonchev–Trinajstić information content (AvgIpc) is 2.49. The Bertz CT molecular complexity index is 430. The van der Waals surface area contributed by atoms with Crippen molar-refractivity contribution in [1.29, 1.82) is 0 Å². The maximum absolute atomic E-state index is 14.0. The smallest absolute Gasteiger partial charge is 0.163 e. The molecule has 0 bridgehead atoms. The standard InChI is InChI=1S/C16H24F2N2/c1-2-20(12-7-4-3-5-8-12)15(11-19)13-9-6-10-14(17)16(13)18/h6,9-10,12,15H,2-5,7-8,11,19H2,1H3. The predicted octanol–water partition coefficient (Wildman–Crippen LogP) is 3.62. The van der Waals surface area contributed by atoms with Crippen LogP contribution in [0.1, 0.15) is 50.6 Å². The molecule has 1 aliphatic carbocycles. The molecule has 1 aromatic rings. The summed E-state index contributed by atoms with van der Waals surface area (Å²) < 4.78 is 27.5. The van der Waals surface area contributed by atoms with Crippen molar-refractivity contribution in [3.05, 3.63) is 35.4 Å². The van der Waals surface area contributed by atoms with E-state index in [0.717, 1.165) is 25.5 Å². The minimum atomic E-state index is -0.791. The third-order valence-corrected chi connectivity index (χ3v) is 4.37. The van der Waals surface area contributed by atoms with Crippen LogP contribution in [0, 0.1) is 11.6 Å². The van der Waals surface area contributed by atoms with Crippen molar-refractivity contribution in [2.45, 2.75) is 51.1 Å². The first-order valence-electron chi connectivity index (χ1n) is 7.58. The van der Waals surface area contributed by atoms with Crippen molar-refractivity contribution in [2.75, 3.05) is 13.1 Å². The summed E-state index contributed by atoms with van der Waals surface area (Å²) in [5, 5.41) is 0. The van der Waals surface area contributed by atoms with Crippen LogP contribution in [-0.4, -0.2) is 24.0 Å². The summed E-state index contributed by atoms with van der Waals surface area (Å²) >= 11 is 0.